The molecule has 4 rings (SSSR count). The van der Waals surface area contributed by atoms with Crippen LogP contribution in [0.2, 0.25) is 0 Å². The van der Waals surface area contributed by atoms with Crippen molar-refractivity contribution < 1.29 is 13.2 Å². The molecule has 0 unspecified atom stereocenters. The number of aromatic nitrogens is 2. The molecule has 1 N–H and O–H groups in total. The van der Waals surface area contributed by atoms with E-state index in [-0.39, 0.29) is 10.5 Å². The number of piperidine rings is 1. The first-order valence-electron chi connectivity index (χ1n) is 10.4. The van der Waals surface area contributed by atoms with Gasteiger partial charge in [-0.15, -0.1) is 0 Å². The molecule has 2 aromatic carbocycles. The highest BCUT2D eigenvalue weighted by atomic mass is 32.2. The Morgan fingerprint density at radius 2 is 1.72 bits per heavy atom. The number of nitrogens with zero attached hydrogens (tertiary/aromatic N) is 3. The number of hydrogen-bond donors (Lipinski definition) is 1. The molecular weight excluding hydrogens is 444 g/mol. The molecule has 0 spiro atoms. The van der Waals surface area contributed by atoms with Crippen LogP contribution >= 0.6 is 11.8 Å². The molecule has 166 valence electrons. The molecule has 1 aromatic heterocycles. The van der Waals surface area contributed by atoms with Crippen LogP contribution in [-0.2, 0) is 10.0 Å². The van der Waals surface area contributed by atoms with Crippen molar-refractivity contribution in [2.75, 3.05) is 18.4 Å². The first kappa shape index (κ1) is 22.4. The molecule has 0 bridgehead atoms. The summed E-state index contributed by atoms with van der Waals surface area (Å²) in [5, 5.41) is 3.51. The van der Waals surface area contributed by atoms with Gasteiger partial charge in [-0.2, -0.15) is 4.31 Å². The zero-order chi connectivity index (χ0) is 22.6. The molecule has 9 heteroatoms. The highest BCUT2D eigenvalue weighted by Gasteiger charge is 2.29. The highest BCUT2D eigenvalue weighted by Crippen LogP contribution is 2.29. The van der Waals surface area contributed by atoms with E-state index in [1.807, 2.05) is 19.1 Å². The van der Waals surface area contributed by atoms with E-state index in [1.165, 1.54) is 22.1 Å². The fraction of sp³-hybridized carbons (Fsp3) is 0.261. The first-order chi connectivity index (χ1) is 15.4. The lowest BCUT2D eigenvalue weighted by Crippen LogP contribution is -2.36. The molecule has 1 aliphatic rings. The lowest BCUT2D eigenvalue weighted by molar-refractivity contribution is 0.102. The molecule has 0 atom stereocenters. The van der Waals surface area contributed by atoms with Gasteiger partial charge in [0.1, 0.15) is 0 Å². The van der Waals surface area contributed by atoms with Crippen LogP contribution in [0.25, 0.3) is 0 Å². The number of benzene rings is 2. The molecule has 1 amide bonds. The van der Waals surface area contributed by atoms with Gasteiger partial charge in [-0.05, 0) is 73.5 Å². The van der Waals surface area contributed by atoms with E-state index in [0.717, 1.165) is 29.7 Å². The zero-order valence-electron chi connectivity index (χ0n) is 17.7. The largest absolute Gasteiger partial charge is 0.322 e. The van der Waals surface area contributed by atoms with Gasteiger partial charge in [0.15, 0.2) is 5.16 Å². The van der Waals surface area contributed by atoms with Crippen LogP contribution < -0.4 is 5.32 Å². The summed E-state index contributed by atoms with van der Waals surface area (Å²) < 4.78 is 27.8. The number of rotatable bonds is 6. The van der Waals surface area contributed by atoms with Gasteiger partial charge in [0.05, 0.1) is 10.5 Å². The predicted octanol–water partition coefficient (Wildman–Crippen LogP) is 4.36. The Hall–Kier alpha value is -2.75. The fourth-order valence-corrected chi connectivity index (χ4v) is 6.11. The molecule has 1 aliphatic heterocycles. The van der Waals surface area contributed by atoms with Gasteiger partial charge in [0.25, 0.3) is 5.91 Å². The molecule has 7 nitrogen and oxygen atoms in total. The van der Waals surface area contributed by atoms with E-state index in [0.29, 0.717) is 23.9 Å². The summed E-state index contributed by atoms with van der Waals surface area (Å²) in [7, 11) is -3.73. The highest BCUT2D eigenvalue weighted by molar-refractivity contribution is 7.99. The number of amides is 1. The number of hydrogen-bond acceptors (Lipinski definition) is 6. The number of carbonyl (C=O) groups excluding carboxylic acids is 1. The average molecular weight is 469 g/mol. The van der Waals surface area contributed by atoms with Crippen LogP contribution in [-0.4, -0.2) is 41.7 Å². The van der Waals surface area contributed by atoms with Gasteiger partial charge in [-0.3, -0.25) is 4.79 Å². The van der Waals surface area contributed by atoms with E-state index in [9.17, 15) is 13.2 Å². The fourth-order valence-electron chi connectivity index (χ4n) is 3.60. The normalized spacial score (nSPS) is 14.8. The summed E-state index contributed by atoms with van der Waals surface area (Å²) in [6.07, 6.45) is 6.08. The minimum absolute atomic E-state index is 0.0467. The van der Waals surface area contributed by atoms with Crippen molar-refractivity contribution >= 4 is 33.4 Å². The van der Waals surface area contributed by atoms with Gasteiger partial charge in [0, 0.05) is 36.1 Å². The van der Waals surface area contributed by atoms with Crippen molar-refractivity contribution in [3.8, 4) is 0 Å². The summed E-state index contributed by atoms with van der Waals surface area (Å²) in [5.41, 5.74) is 1.63. The Balaban J connectivity index is 1.55. The van der Waals surface area contributed by atoms with Crippen LogP contribution in [0.4, 0.5) is 5.69 Å². The third kappa shape index (κ3) is 5.01. The molecule has 3 aromatic rings. The number of carbonyl (C=O) groups is 1. The van der Waals surface area contributed by atoms with E-state index in [1.54, 1.807) is 42.7 Å². The number of nitrogens with one attached hydrogen (secondary N) is 1. The van der Waals surface area contributed by atoms with Gasteiger partial charge >= 0.3 is 0 Å². The van der Waals surface area contributed by atoms with Gasteiger partial charge in [-0.25, -0.2) is 18.4 Å². The second-order valence-electron chi connectivity index (χ2n) is 7.53. The Morgan fingerprint density at radius 1 is 1.00 bits per heavy atom. The SMILES string of the molecule is Cc1cc(Sc2ncccn2)ccc1NC(=O)c1ccccc1S(=O)(=O)N1CCCCC1. The van der Waals surface area contributed by atoms with E-state index in [4.69, 9.17) is 0 Å². The van der Waals surface area contributed by atoms with Crippen molar-refractivity contribution in [3.63, 3.8) is 0 Å². The van der Waals surface area contributed by atoms with E-state index < -0.39 is 15.9 Å². The first-order valence-corrected chi connectivity index (χ1v) is 12.7. The maximum absolute atomic E-state index is 13.2. The smallest absolute Gasteiger partial charge is 0.257 e. The Morgan fingerprint density at radius 3 is 2.44 bits per heavy atom. The minimum Gasteiger partial charge on any atom is -0.322 e. The van der Waals surface area contributed by atoms with Crippen LogP contribution in [0.5, 0.6) is 0 Å². The van der Waals surface area contributed by atoms with Gasteiger partial charge < -0.3 is 5.32 Å². The average Bonchev–Trinajstić information content (AvgIpc) is 2.82. The monoisotopic (exact) mass is 468 g/mol. The third-order valence-electron chi connectivity index (χ3n) is 5.26. The predicted molar refractivity (Wildman–Crippen MR) is 124 cm³/mol. The van der Waals surface area contributed by atoms with Gasteiger partial charge in [-0.1, -0.05) is 18.6 Å². The number of aryl methyl sites for hydroxylation is 1. The maximum atomic E-state index is 13.2. The second kappa shape index (κ2) is 9.81. The minimum atomic E-state index is -3.73. The topological polar surface area (TPSA) is 92.3 Å². The van der Waals surface area contributed by atoms with Crippen molar-refractivity contribution in [2.24, 2.45) is 0 Å². The van der Waals surface area contributed by atoms with Crippen LogP contribution in [0.1, 0.15) is 35.2 Å². The van der Waals surface area contributed by atoms with Gasteiger partial charge in [0.2, 0.25) is 10.0 Å². The lowest BCUT2D eigenvalue weighted by atomic mass is 10.1. The van der Waals surface area contributed by atoms with E-state index in [2.05, 4.69) is 15.3 Å². The summed E-state index contributed by atoms with van der Waals surface area (Å²) in [6.45, 7) is 2.87. The maximum Gasteiger partial charge on any atom is 0.257 e. The second-order valence-corrected chi connectivity index (χ2v) is 10.5. The molecule has 0 aliphatic carbocycles. The number of anilines is 1. The van der Waals surface area contributed by atoms with Crippen molar-refractivity contribution in [2.45, 2.75) is 41.1 Å². The van der Waals surface area contributed by atoms with Crippen molar-refractivity contribution in [1.82, 2.24) is 14.3 Å². The molecule has 2 heterocycles. The number of sulfonamides is 1. The van der Waals surface area contributed by atoms with Crippen molar-refractivity contribution in [1.29, 1.82) is 0 Å². The summed E-state index contributed by atoms with van der Waals surface area (Å²) in [5.74, 6) is -0.448. The van der Waals surface area contributed by atoms with E-state index >= 15 is 0 Å². The van der Waals surface area contributed by atoms with Crippen LogP contribution in [0.3, 0.4) is 0 Å². The molecular formula is C23H24N4O3S2. The quantitative estimate of drug-likeness (QED) is 0.540. The molecule has 32 heavy (non-hydrogen) atoms. The standard InChI is InChI=1S/C23H24N4O3S2/c1-17-16-18(31-23-24-12-7-13-25-23)10-11-20(17)26-22(28)19-8-3-4-9-21(19)32(29,30)27-14-5-2-6-15-27/h3-4,7-13,16H,2,5-6,14-15H2,1H3,(H,26,28). The Kier molecular flexibility index (Phi) is 6.88. The third-order valence-corrected chi connectivity index (χ3v) is 8.10. The lowest BCUT2D eigenvalue weighted by Gasteiger charge is -2.26. The molecule has 1 saturated heterocycles. The molecule has 0 saturated carbocycles. The molecule has 1 fully saturated rings. The van der Waals surface area contributed by atoms with Crippen LogP contribution in [0, 0.1) is 6.92 Å². The van der Waals surface area contributed by atoms with Crippen LogP contribution in [0.15, 0.2) is 75.9 Å². The Labute approximate surface area is 192 Å². The summed E-state index contributed by atoms with van der Waals surface area (Å²) in [4.78, 5) is 22.5. The van der Waals surface area contributed by atoms with Crippen molar-refractivity contribution in [3.05, 3.63) is 72.1 Å². The summed E-state index contributed by atoms with van der Waals surface area (Å²) >= 11 is 1.43. The Bertz CT molecular complexity index is 1210. The summed E-state index contributed by atoms with van der Waals surface area (Å²) in [6, 6.07) is 13.8. The zero-order valence-corrected chi connectivity index (χ0v) is 19.3. The molecule has 0 radical (unpaired) electrons.